The first-order chi connectivity index (χ1) is 24.4. The monoisotopic (exact) mass is 853 g/mol. The van der Waals surface area contributed by atoms with E-state index in [1.165, 1.54) is 30.7 Å². The maximum atomic E-state index is 14.9. The zero-order valence-corrected chi connectivity index (χ0v) is 32.0. The van der Waals surface area contributed by atoms with E-state index in [1.54, 1.807) is 48.5 Å². The fourth-order valence-corrected chi connectivity index (χ4v) is 7.97. The number of halogens is 1. The molecule has 0 spiro atoms. The van der Waals surface area contributed by atoms with Crippen LogP contribution in [-0.2, 0) is 28.2 Å². The maximum absolute atomic E-state index is 14.9. The molecule has 0 amide bonds. The fourth-order valence-electron chi connectivity index (χ4n) is 5.47. The Morgan fingerprint density at radius 3 is 2.19 bits per heavy atom. The van der Waals surface area contributed by atoms with Crippen LogP contribution in [0.4, 0.5) is 5.95 Å². The number of imidazole rings is 1. The largest absolute Gasteiger partial charge is 0.480 e. The van der Waals surface area contributed by atoms with Gasteiger partial charge in [0.15, 0.2) is 21.2 Å². The molecule has 7 atom stereocenters. The number of nitrogen functional groups attached to an aromatic ring is 1. The maximum Gasteiger partial charge on any atom is 0.342 e. The smallest absolute Gasteiger partial charge is 0.342 e. The number of carboxylic acids is 1. The van der Waals surface area contributed by atoms with Crippen molar-refractivity contribution >= 4 is 59.3 Å². The molecule has 0 aliphatic carbocycles. The van der Waals surface area contributed by atoms with Gasteiger partial charge in [0, 0.05) is 22.6 Å². The second-order valence-corrected chi connectivity index (χ2v) is 16.4. The van der Waals surface area contributed by atoms with Gasteiger partial charge in [-0.15, -0.1) is 0 Å². The van der Waals surface area contributed by atoms with Gasteiger partial charge in [0.1, 0.15) is 29.9 Å². The number of ether oxygens (including phenoxy) is 3. The average Bonchev–Trinajstić information content (AvgIpc) is 3.54. The summed E-state index contributed by atoms with van der Waals surface area (Å²) in [6.07, 6.45) is -4.33. The summed E-state index contributed by atoms with van der Waals surface area (Å²) in [6.45, 7) is 6.32. The van der Waals surface area contributed by atoms with Crippen LogP contribution in [0.25, 0.3) is 11.2 Å². The summed E-state index contributed by atoms with van der Waals surface area (Å²) in [4.78, 5) is 38.9. The van der Waals surface area contributed by atoms with Gasteiger partial charge in [-0.2, -0.15) is 9.97 Å². The number of nitrogens with zero attached hydrogens (tertiary/aromatic N) is 4. The third kappa shape index (κ3) is 8.71. The molecule has 2 aromatic carbocycles. The predicted molar refractivity (Wildman–Crippen MR) is 196 cm³/mol. The van der Waals surface area contributed by atoms with Crippen molar-refractivity contribution in [2.45, 2.75) is 63.8 Å². The molecule has 2 aromatic heterocycles. The van der Waals surface area contributed by atoms with Gasteiger partial charge in [-0.25, -0.2) is 20.0 Å². The molecule has 52 heavy (non-hydrogen) atoms. The summed E-state index contributed by atoms with van der Waals surface area (Å²) in [7, 11) is -3.25. The minimum atomic E-state index is -4.63. The number of hydrogen-bond acceptors (Lipinski definition) is 13. The number of fused-ring (bicyclic) bond motifs is 1. The van der Waals surface area contributed by atoms with Gasteiger partial charge in [0.05, 0.1) is 20.3 Å². The Hall–Kier alpha value is -3.75. The van der Waals surface area contributed by atoms with E-state index in [2.05, 4.69) is 25.1 Å². The van der Waals surface area contributed by atoms with Crippen LogP contribution in [0.3, 0.4) is 0 Å². The molecule has 17 nitrogen and oxygen atoms in total. The van der Waals surface area contributed by atoms with E-state index < -0.39 is 67.8 Å². The van der Waals surface area contributed by atoms with Crippen molar-refractivity contribution in [3.8, 4) is 5.88 Å². The molecule has 1 unspecified atom stereocenters. The Labute approximate surface area is 312 Å². The zero-order chi connectivity index (χ0) is 38.0. The van der Waals surface area contributed by atoms with Crippen molar-refractivity contribution in [1.82, 2.24) is 29.7 Å². The third-order valence-corrected chi connectivity index (χ3v) is 10.5. The van der Waals surface area contributed by atoms with Gasteiger partial charge in [0.2, 0.25) is 11.8 Å². The summed E-state index contributed by atoms with van der Waals surface area (Å²) >= 11 is 1.89. The number of rotatable bonds is 14. The van der Waals surface area contributed by atoms with Gasteiger partial charge in [-0.05, 0) is 23.5 Å². The lowest BCUT2D eigenvalue weighted by Crippen LogP contribution is -2.45. The second kappa shape index (κ2) is 15.7. The van der Waals surface area contributed by atoms with E-state index in [1.807, 2.05) is 43.4 Å². The Balaban J connectivity index is 1.49. The van der Waals surface area contributed by atoms with E-state index >= 15 is 0 Å². The van der Waals surface area contributed by atoms with Crippen LogP contribution in [0.5, 0.6) is 5.88 Å². The molecule has 1 saturated heterocycles. The van der Waals surface area contributed by atoms with Crippen molar-refractivity contribution in [2.24, 2.45) is 5.41 Å². The summed E-state index contributed by atoms with van der Waals surface area (Å²) in [5.74, 6) is -2.24. The van der Waals surface area contributed by atoms with E-state index in [-0.39, 0.29) is 39.0 Å². The molecule has 1 aliphatic rings. The van der Waals surface area contributed by atoms with Gasteiger partial charge < -0.3 is 39.8 Å². The summed E-state index contributed by atoms with van der Waals surface area (Å²) in [5.41, 5.74) is 4.47. The van der Waals surface area contributed by atoms with Crippen LogP contribution in [0.15, 0.2) is 60.7 Å². The minimum Gasteiger partial charge on any atom is -0.480 e. The predicted octanol–water partition coefficient (Wildman–Crippen LogP) is 3.49. The highest BCUT2D eigenvalue weighted by molar-refractivity contribution is 14.1. The van der Waals surface area contributed by atoms with E-state index in [0.717, 1.165) is 0 Å². The standard InChI is InChI=1S/C33H41IN7O10P/c1-32(2,3)17-49-28(45)22(19-14-10-7-11-15-19)40-52(47,39-21(27(43)44)18-12-8-6-9-13-18)50-16-20-24(42)33(4,46)29(51-20)41-25-23(36-30(41)34)26(48-5)38-31(35)37-25/h6-15,20-22,24,29,42,46H,16-17H2,1-5H3,(H,43,44)(H2,35,37,38)(H2,39,40,47)/t20-,21+,22+,24-,29-,33-,52?/m1/s1. The highest BCUT2D eigenvalue weighted by Gasteiger charge is 2.55. The van der Waals surface area contributed by atoms with E-state index in [0.29, 0.717) is 5.56 Å². The number of nitrogens with one attached hydrogen (secondary N) is 2. The van der Waals surface area contributed by atoms with Crippen LogP contribution in [0.1, 0.15) is 57.1 Å². The quantitative estimate of drug-likeness (QED) is 0.0460. The lowest BCUT2D eigenvalue weighted by molar-refractivity contribution is -0.148. The molecule has 3 heterocycles. The molecular formula is C33H41IN7O10P. The highest BCUT2D eigenvalue weighted by atomic mass is 127. The van der Waals surface area contributed by atoms with Gasteiger partial charge >= 0.3 is 19.6 Å². The van der Waals surface area contributed by atoms with Gasteiger partial charge in [-0.1, -0.05) is 81.4 Å². The van der Waals surface area contributed by atoms with E-state index in [9.17, 15) is 29.5 Å². The number of carbonyl (C=O) groups is 2. The number of carboxylic acid groups (broad SMARTS) is 1. The first-order valence-electron chi connectivity index (χ1n) is 16.0. The van der Waals surface area contributed by atoms with Gasteiger partial charge in [-0.3, -0.25) is 13.9 Å². The molecule has 1 fully saturated rings. The first-order valence-corrected chi connectivity index (χ1v) is 18.7. The van der Waals surface area contributed by atoms with Crippen LogP contribution in [-0.4, -0.2) is 84.9 Å². The number of methoxy groups -OCH3 is 1. The molecular weight excluding hydrogens is 812 g/mol. The molecule has 5 rings (SSSR count). The number of aromatic nitrogens is 4. The van der Waals surface area contributed by atoms with Crippen molar-refractivity contribution in [1.29, 1.82) is 0 Å². The Kier molecular flexibility index (Phi) is 11.9. The SMILES string of the molecule is COc1nc(N)nc2c1nc(I)n2[C@@H]1O[C@H](COP(=O)(N[C@H](C(=O)O)c2ccccc2)N[C@H](C(=O)OCC(C)(C)C)c2ccccc2)[C@@H](O)[C@@]1(C)O. The molecule has 1 aliphatic heterocycles. The van der Waals surface area contributed by atoms with Crippen molar-refractivity contribution in [2.75, 3.05) is 26.1 Å². The minimum absolute atomic E-state index is 0.0277. The number of esters is 1. The van der Waals surface area contributed by atoms with Gasteiger partial charge in [0.25, 0.3) is 0 Å². The Morgan fingerprint density at radius 2 is 1.63 bits per heavy atom. The summed E-state index contributed by atoms with van der Waals surface area (Å²) < 4.78 is 39.6. The number of benzene rings is 2. The van der Waals surface area contributed by atoms with Crippen LogP contribution in [0, 0.1) is 9.25 Å². The van der Waals surface area contributed by atoms with Crippen molar-refractivity contribution in [3.05, 3.63) is 75.6 Å². The fraction of sp³-hybridized carbons (Fsp3) is 0.424. The number of aliphatic carboxylic acids is 1. The number of anilines is 1. The third-order valence-electron chi connectivity index (χ3n) is 8.08. The molecule has 7 N–H and O–H groups in total. The number of nitrogens with two attached hydrogens (primary N) is 1. The molecule has 0 radical (unpaired) electrons. The molecule has 0 saturated carbocycles. The Morgan fingerprint density at radius 1 is 1.06 bits per heavy atom. The number of aliphatic hydroxyl groups is 2. The first kappa shape index (κ1) is 39.5. The molecule has 280 valence electrons. The van der Waals surface area contributed by atoms with Crippen LogP contribution in [0.2, 0.25) is 0 Å². The van der Waals surface area contributed by atoms with Crippen LogP contribution >= 0.6 is 30.3 Å². The highest BCUT2D eigenvalue weighted by Crippen LogP contribution is 2.47. The molecule has 0 bridgehead atoms. The molecule has 19 heteroatoms. The normalized spacial score (nSPS) is 22.8. The number of aliphatic hydroxyl groups excluding tert-OH is 1. The van der Waals surface area contributed by atoms with E-state index in [4.69, 9.17) is 24.5 Å². The zero-order valence-electron chi connectivity index (χ0n) is 29.0. The van der Waals surface area contributed by atoms with Crippen molar-refractivity contribution < 1.29 is 48.2 Å². The van der Waals surface area contributed by atoms with Crippen molar-refractivity contribution in [3.63, 3.8) is 0 Å². The lowest BCUT2D eigenvalue weighted by atomic mass is 9.96. The number of carbonyl (C=O) groups excluding carboxylic acids is 1. The molecule has 4 aromatic rings. The Bertz CT molecular complexity index is 1940. The lowest BCUT2D eigenvalue weighted by Gasteiger charge is -2.30. The second-order valence-electron chi connectivity index (χ2n) is 13.5. The topological polar surface area (TPSA) is 242 Å². The summed E-state index contributed by atoms with van der Waals surface area (Å²) in [6, 6.07) is 13.3. The average molecular weight is 854 g/mol. The summed E-state index contributed by atoms with van der Waals surface area (Å²) in [5, 5.41) is 38.5. The van der Waals surface area contributed by atoms with Crippen LogP contribution < -0.4 is 20.6 Å². The number of hydrogen-bond donors (Lipinski definition) is 6.